The van der Waals surface area contributed by atoms with Gasteiger partial charge in [-0.3, -0.25) is 4.79 Å². The molecule has 0 radical (unpaired) electrons. The normalized spacial score (nSPS) is 22.5. The van der Waals surface area contributed by atoms with Gasteiger partial charge in [0.2, 0.25) is 5.91 Å². The highest BCUT2D eigenvalue weighted by molar-refractivity contribution is 5.77. The number of hydrogen-bond acceptors (Lipinski definition) is 3. The number of carbonyl (C=O) groups is 1. The van der Waals surface area contributed by atoms with Crippen molar-refractivity contribution in [1.82, 2.24) is 4.90 Å². The van der Waals surface area contributed by atoms with Crippen molar-refractivity contribution in [2.45, 2.75) is 51.1 Å². The summed E-state index contributed by atoms with van der Waals surface area (Å²) in [4.78, 5) is 16.8. The van der Waals surface area contributed by atoms with Crippen molar-refractivity contribution in [3.63, 3.8) is 0 Å². The highest BCUT2D eigenvalue weighted by Crippen LogP contribution is 2.30. The zero-order chi connectivity index (χ0) is 15.5. The van der Waals surface area contributed by atoms with E-state index < -0.39 is 0 Å². The number of carbonyl (C=O) groups excluding carboxylic acids is 1. The number of nitrogens with zero attached hydrogens (tertiary/aromatic N) is 2. The second kappa shape index (κ2) is 6.69. The van der Waals surface area contributed by atoms with Gasteiger partial charge in [0.05, 0.1) is 0 Å². The highest BCUT2D eigenvalue weighted by atomic mass is 16.2. The Morgan fingerprint density at radius 3 is 2.73 bits per heavy atom. The molecule has 1 saturated heterocycles. The van der Waals surface area contributed by atoms with Gasteiger partial charge in [0.25, 0.3) is 0 Å². The van der Waals surface area contributed by atoms with Crippen LogP contribution in [0.15, 0.2) is 24.3 Å². The molecule has 1 aromatic carbocycles. The molecule has 1 amide bonds. The van der Waals surface area contributed by atoms with Gasteiger partial charge in [0, 0.05) is 43.8 Å². The SMILES string of the molecule is C[C@@H]1CCc2ccccc2N1CCC(=O)N1CCC(N)CC1. The second-order valence-electron chi connectivity index (χ2n) is 6.68. The van der Waals surface area contributed by atoms with Crippen LogP contribution in [-0.4, -0.2) is 42.5 Å². The monoisotopic (exact) mass is 301 g/mol. The van der Waals surface area contributed by atoms with Crippen molar-refractivity contribution in [2.75, 3.05) is 24.5 Å². The Balaban J connectivity index is 1.60. The van der Waals surface area contributed by atoms with Gasteiger partial charge in [-0.2, -0.15) is 0 Å². The lowest BCUT2D eigenvalue weighted by Gasteiger charge is -2.38. The van der Waals surface area contributed by atoms with Gasteiger partial charge >= 0.3 is 0 Å². The lowest BCUT2D eigenvalue weighted by Crippen LogP contribution is -2.45. The molecular weight excluding hydrogens is 274 g/mol. The number of fused-ring (bicyclic) bond motifs is 1. The number of rotatable bonds is 3. The number of nitrogens with two attached hydrogens (primary N) is 1. The van der Waals surface area contributed by atoms with E-state index in [-0.39, 0.29) is 11.9 Å². The van der Waals surface area contributed by atoms with Gasteiger partial charge in [-0.1, -0.05) is 18.2 Å². The predicted octanol–water partition coefficient (Wildman–Crippen LogP) is 2.17. The van der Waals surface area contributed by atoms with Crippen LogP contribution in [0.3, 0.4) is 0 Å². The van der Waals surface area contributed by atoms with Crippen LogP contribution in [0.5, 0.6) is 0 Å². The van der Waals surface area contributed by atoms with Crippen molar-refractivity contribution in [3.05, 3.63) is 29.8 Å². The summed E-state index contributed by atoms with van der Waals surface area (Å²) >= 11 is 0. The van der Waals surface area contributed by atoms with Gasteiger partial charge < -0.3 is 15.5 Å². The third kappa shape index (κ3) is 3.27. The van der Waals surface area contributed by atoms with Gasteiger partial charge in [-0.15, -0.1) is 0 Å². The minimum Gasteiger partial charge on any atom is -0.368 e. The molecule has 1 aromatic rings. The molecule has 0 aromatic heterocycles. The number of para-hydroxylation sites is 1. The van der Waals surface area contributed by atoms with Crippen LogP contribution in [0.25, 0.3) is 0 Å². The predicted molar refractivity (Wildman–Crippen MR) is 90.0 cm³/mol. The van der Waals surface area contributed by atoms with E-state index in [1.807, 2.05) is 4.90 Å². The van der Waals surface area contributed by atoms with Crippen LogP contribution in [0.1, 0.15) is 38.2 Å². The average Bonchev–Trinajstić information content (AvgIpc) is 2.54. The van der Waals surface area contributed by atoms with E-state index in [0.29, 0.717) is 12.5 Å². The molecule has 2 heterocycles. The summed E-state index contributed by atoms with van der Waals surface area (Å²) in [6.45, 7) is 4.73. The summed E-state index contributed by atoms with van der Waals surface area (Å²) < 4.78 is 0. The van der Waals surface area contributed by atoms with Gasteiger partial charge in [-0.05, 0) is 44.2 Å². The molecule has 4 heteroatoms. The van der Waals surface area contributed by atoms with Crippen molar-refractivity contribution in [1.29, 1.82) is 0 Å². The van der Waals surface area contributed by atoms with Gasteiger partial charge in [-0.25, -0.2) is 0 Å². The summed E-state index contributed by atoms with van der Waals surface area (Å²) in [6, 6.07) is 9.39. The summed E-state index contributed by atoms with van der Waals surface area (Å²) in [5.74, 6) is 0.280. The lowest BCUT2D eigenvalue weighted by molar-refractivity contribution is -0.132. The van der Waals surface area contributed by atoms with E-state index in [1.165, 1.54) is 17.7 Å². The summed E-state index contributed by atoms with van der Waals surface area (Å²) in [5.41, 5.74) is 8.64. The first-order chi connectivity index (χ1) is 10.6. The second-order valence-corrected chi connectivity index (χ2v) is 6.68. The number of benzene rings is 1. The molecule has 1 atom stereocenters. The maximum Gasteiger partial charge on any atom is 0.224 e. The molecule has 0 aliphatic carbocycles. The number of likely N-dealkylation sites (tertiary alicyclic amines) is 1. The molecule has 0 saturated carbocycles. The molecule has 2 aliphatic heterocycles. The third-order valence-electron chi connectivity index (χ3n) is 5.12. The van der Waals surface area contributed by atoms with E-state index in [0.717, 1.165) is 38.9 Å². The van der Waals surface area contributed by atoms with Crippen molar-refractivity contribution in [3.8, 4) is 0 Å². The van der Waals surface area contributed by atoms with Crippen molar-refractivity contribution >= 4 is 11.6 Å². The van der Waals surface area contributed by atoms with Crippen LogP contribution >= 0.6 is 0 Å². The molecule has 0 spiro atoms. The molecule has 4 nitrogen and oxygen atoms in total. The zero-order valence-electron chi connectivity index (χ0n) is 13.5. The molecule has 0 unspecified atom stereocenters. The summed E-state index contributed by atoms with van der Waals surface area (Å²) in [5, 5.41) is 0. The molecular formula is C18H27N3O. The fourth-order valence-electron chi connectivity index (χ4n) is 3.62. The zero-order valence-corrected chi connectivity index (χ0v) is 13.5. The fourth-order valence-corrected chi connectivity index (χ4v) is 3.62. The fraction of sp³-hybridized carbons (Fsp3) is 0.611. The number of amides is 1. The molecule has 1 fully saturated rings. The Morgan fingerprint density at radius 1 is 1.23 bits per heavy atom. The van der Waals surface area contributed by atoms with Gasteiger partial charge in [0.15, 0.2) is 0 Å². The van der Waals surface area contributed by atoms with Crippen molar-refractivity contribution in [2.24, 2.45) is 5.73 Å². The number of anilines is 1. The third-order valence-corrected chi connectivity index (χ3v) is 5.12. The van der Waals surface area contributed by atoms with Crippen LogP contribution in [-0.2, 0) is 11.2 Å². The Morgan fingerprint density at radius 2 is 1.95 bits per heavy atom. The molecule has 3 rings (SSSR count). The topological polar surface area (TPSA) is 49.6 Å². The van der Waals surface area contributed by atoms with Crippen molar-refractivity contribution < 1.29 is 4.79 Å². The molecule has 22 heavy (non-hydrogen) atoms. The number of piperidine rings is 1. The van der Waals surface area contributed by atoms with E-state index in [1.54, 1.807) is 0 Å². The Labute approximate surface area is 133 Å². The van der Waals surface area contributed by atoms with Crippen LogP contribution < -0.4 is 10.6 Å². The van der Waals surface area contributed by atoms with E-state index >= 15 is 0 Å². The summed E-state index contributed by atoms with van der Waals surface area (Å²) in [6.07, 6.45) is 4.80. The smallest absolute Gasteiger partial charge is 0.224 e. The first kappa shape index (κ1) is 15.3. The Bertz CT molecular complexity index is 523. The maximum absolute atomic E-state index is 12.4. The van der Waals surface area contributed by atoms with E-state index in [9.17, 15) is 4.79 Å². The molecule has 0 bridgehead atoms. The highest BCUT2D eigenvalue weighted by Gasteiger charge is 2.25. The minimum atomic E-state index is 0.276. The molecule has 120 valence electrons. The number of aryl methyl sites for hydroxylation is 1. The molecule has 2 N–H and O–H groups in total. The maximum atomic E-state index is 12.4. The largest absolute Gasteiger partial charge is 0.368 e. The number of hydrogen-bond donors (Lipinski definition) is 1. The summed E-state index contributed by atoms with van der Waals surface area (Å²) in [7, 11) is 0. The molecule has 2 aliphatic rings. The van der Waals surface area contributed by atoms with Crippen LogP contribution in [0, 0.1) is 0 Å². The van der Waals surface area contributed by atoms with Crippen LogP contribution in [0.2, 0.25) is 0 Å². The van der Waals surface area contributed by atoms with E-state index in [2.05, 4.69) is 36.1 Å². The first-order valence-corrected chi connectivity index (χ1v) is 8.53. The minimum absolute atomic E-state index is 0.276. The van der Waals surface area contributed by atoms with E-state index in [4.69, 9.17) is 5.73 Å². The first-order valence-electron chi connectivity index (χ1n) is 8.53. The lowest BCUT2D eigenvalue weighted by atomic mass is 9.96. The van der Waals surface area contributed by atoms with Crippen LogP contribution in [0.4, 0.5) is 5.69 Å². The quantitative estimate of drug-likeness (QED) is 0.931. The average molecular weight is 301 g/mol. The Hall–Kier alpha value is -1.55. The standard InChI is InChI=1S/C18H27N3O/c1-14-6-7-15-4-2-3-5-17(15)21(14)13-10-18(22)20-11-8-16(19)9-12-20/h2-5,14,16H,6-13,19H2,1H3/t14-/m1/s1. The van der Waals surface area contributed by atoms with Gasteiger partial charge in [0.1, 0.15) is 0 Å². The Kier molecular flexibility index (Phi) is 4.67.